The predicted molar refractivity (Wildman–Crippen MR) is 73.4 cm³/mol. The monoisotopic (exact) mass is 251 g/mol. The van der Waals surface area contributed by atoms with Gasteiger partial charge in [0.1, 0.15) is 11.6 Å². The molecule has 2 nitrogen and oxygen atoms in total. The minimum atomic E-state index is -0.230. The van der Waals surface area contributed by atoms with E-state index >= 15 is 0 Å². The molecule has 18 heavy (non-hydrogen) atoms. The van der Waals surface area contributed by atoms with Crippen LogP contribution in [0.5, 0.6) is 5.75 Å². The topological polar surface area (TPSA) is 21.3 Å². The molecule has 0 aromatic heterocycles. The van der Waals surface area contributed by atoms with Crippen molar-refractivity contribution < 1.29 is 9.13 Å². The Morgan fingerprint density at radius 1 is 1.50 bits per heavy atom. The Labute approximate surface area is 109 Å². The number of benzene rings is 1. The van der Waals surface area contributed by atoms with Gasteiger partial charge in [0.25, 0.3) is 0 Å². The average Bonchev–Trinajstić information content (AvgIpc) is 2.38. The molecule has 1 atom stereocenters. The van der Waals surface area contributed by atoms with E-state index in [0.717, 1.165) is 30.7 Å². The lowest BCUT2D eigenvalue weighted by molar-refractivity contribution is 0.317. The minimum absolute atomic E-state index is 0.0828. The summed E-state index contributed by atoms with van der Waals surface area (Å²) in [6.45, 7) is 9.25. The van der Waals surface area contributed by atoms with Gasteiger partial charge in [-0.05, 0) is 44.5 Å². The zero-order valence-corrected chi connectivity index (χ0v) is 11.2. The normalized spacial score (nSPS) is 12.2. The summed E-state index contributed by atoms with van der Waals surface area (Å²) in [5, 5.41) is 3.34. The van der Waals surface area contributed by atoms with E-state index in [9.17, 15) is 4.39 Å². The van der Waals surface area contributed by atoms with Crippen molar-refractivity contribution in [3.05, 3.63) is 42.2 Å². The number of ether oxygens (including phenoxy) is 1. The molecule has 3 heteroatoms. The molecule has 1 aromatic rings. The van der Waals surface area contributed by atoms with Gasteiger partial charge in [-0.25, -0.2) is 4.39 Å². The van der Waals surface area contributed by atoms with Crippen LogP contribution in [0, 0.1) is 5.82 Å². The van der Waals surface area contributed by atoms with E-state index in [4.69, 9.17) is 4.74 Å². The molecule has 0 fully saturated rings. The second-order valence-corrected chi connectivity index (χ2v) is 4.28. The molecule has 0 aliphatic carbocycles. The molecule has 0 aliphatic rings. The third-order valence-corrected chi connectivity index (χ3v) is 2.72. The Bertz CT molecular complexity index is 379. The maximum Gasteiger partial charge on any atom is 0.124 e. The molecule has 1 aromatic carbocycles. The van der Waals surface area contributed by atoms with Crippen LogP contribution < -0.4 is 10.1 Å². The molecule has 0 spiro atoms. The van der Waals surface area contributed by atoms with Crippen LogP contribution in [0.3, 0.4) is 0 Å². The predicted octanol–water partition coefficient (Wildman–Crippen LogP) is 3.84. The lowest BCUT2D eigenvalue weighted by Gasteiger charge is -2.18. The SMILES string of the molecule is C=CCCOc1ccc(F)cc1C(C)NCCC. The number of nitrogens with one attached hydrogen (secondary N) is 1. The highest BCUT2D eigenvalue weighted by atomic mass is 19.1. The van der Waals surface area contributed by atoms with Crippen LogP contribution in [-0.4, -0.2) is 13.2 Å². The van der Waals surface area contributed by atoms with Gasteiger partial charge < -0.3 is 10.1 Å². The zero-order valence-electron chi connectivity index (χ0n) is 11.2. The van der Waals surface area contributed by atoms with E-state index in [0.29, 0.717) is 6.61 Å². The summed E-state index contributed by atoms with van der Waals surface area (Å²) in [5.41, 5.74) is 0.868. The summed E-state index contributed by atoms with van der Waals surface area (Å²) >= 11 is 0. The maximum absolute atomic E-state index is 13.3. The molecule has 0 bridgehead atoms. The van der Waals surface area contributed by atoms with Crippen molar-refractivity contribution in [2.45, 2.75) is 32.7 Å². The van der Waals surface area contributed by atoms with Gasteiger partial charge in [-0.1, -0.05) is 13.0 Å². The first kappa shape index (κ1) is 14.7. The molecule has 100 valence electrons. The van der Waals surface area contributed by atoms with Crippen LogP contribution in [0.2, 0.25) is 0 Å². The summed E-state index contributed by atoms with van der Waals surface area (Å²) in [7, 11) is 0. The van der Waals surface area contributed by atoms with Crippen molar-refractivity contribution in [2.75, 3.05) is 13.2 Å². The van der Waals surface area contributed by atoms with Crippen LogP contribution in [0.1, 0.15) is 38.3 Å². The van der Waals surface area contributed by atoms with Crippen molar-refractivity contribution in [2.24, 2.45) is 0 Å². The standard InChI is InChI=1S/C15H22FNO/c1-4-6-10-18-15-8-7-13(16)11-14(15)12(3)17-9-5-2/h4,7-8,11-12,17H,1,5-6,9-10H2,2-3H3. The number of rotatable bonds is 8. The van der Waals surface area contributed by atoms with Gasteiger partial charge in [-0.15, -0.1) is 6.58 Å². The second kappa shape index (κ2) is 7.88. The fourth-order valence-corrected chi connectivity index (χ4v) is 1.71. The Kier molecular flexibility index (Phi) is 6.44. The van der Waals surface area contributed by atoms with Gasteiger partial charge in [0, 0.05) is 11.6 Å². The van der Waals surface area contributed by atoms with Crippen molar-refractivity contribution >= 4 is 0 Å². The van der Waals surface area contributed by atoms with E-state index in [1.54, 1.807) is 6.07 Å². The largest absolute Gasteiger partial charge is 0.493 e. The zero-order chi connectivity index (χ0) is 13.4. The van der Waals surface area contributed by atoms with Crippen LogP contribution in [-0.2, 0) is 0 Å². The van der Waals surface area contributed by atoms with Gasteiger partial charge >= 0.3 is 0 Å². The number of halogens is 1. The van der Waals surface area contributed by atoms with Crippen molar-refractivity contribution in [1.29, 1.82) is 0 Å². The van der Waals surface area contributed by atoms with Crippen LogP contribution in [0.15, 0.2) is 30.9 Å². The molecule has 0 saturated carbocycles. The highest BCUT2D eigenvalue weighted by molar-refractivity contribution is 5.36. The van der Waals surface area contributed by atoms with E-state index in [1.165, 1.54) is 12.1 Å². The van der Waals surface area contributed by atoms with Gasteiger partial charge in [0.05, 0.1) is 6.61 Å². The fourth-order valence-electron chi connectivity index (χ4n) is 1.71. The highest BCUT2D eigenvalue weighted by Gasteiger charge is 2.12. The molecule has 1 N–H and O–H groups in total. The molecule has 0 saturated heterocycles. The third kappa shape index (κ3) is 4.49. The van der Waals surface area contributed by atoms with Crippen molar-refractivity contribution in [3.8, 4) is 5.75 Å². The lowest BCUT2D eigenvalue weighted by atomic mass is 10.1. The molecule has 1 rings (SSSR count). The smallest absolute Gasteiger partial charge is 0.124 e. The highest BCUT2D eigenvalue weighted by Crippen LogP contribution is 2.26. The number of hydrogen-bond donors (Lipinski definition) is 1. The maximum atomic E-state index is 13.3. The Morgan fingerprint density at radius 2 is 2.28 bits per heavy atom. The summed E-state index contributed by atoms with van der Waals surface area (Å²) in [6.07, 6.45) is 3.64. The van der Waals surface area contributed by atoms with Crippen molar-refractivity contribution in [3.63, 3.8) is 0 Å². The quantitative estimate of drug-likeness (QED) is 0.560. The van der Waals surface area contributed by atoms with Crippen LogP contribution in [0.25, 0.3) is 0 Å². The number of hydrogen-bond acceptors (Lipinski definition) is 2. The Balaban J connectivity index is 2.78. The van der Waals surface area contributed by atoms with Gasteiger partial charge in [-0.2, -0.15) is 0 Å². The fraction of sp³-hybridized carbons (Fsp3) is 0.467. The van der Waals surface area contributed by atoms with Gasteiger partial charge in [0.15, 0.2) is 0 Å². The minimum Gasteiger partial charge on any atom is -0.493 e. The van der Waals surface area contributed by atoms with Crippen LogP contribution >= 0.6 is 0 Å². The molecular weight excluding hydrogens is 229 g/mol. The van der Waals surface area contributed by atoms with Gasteiger partial charge in [-0.3, -0.25) is 0 Å². The average molecular weight is 251 g/mol. The van der Waals surface area contributed by atoms with E-state index in [2.05, 4.69) is 18.8 Å². The van der Waals surface area contributed by atoms with E-state index in [-0.39, 0.29) is 11.9 Å². The van der Waals surface area contributed by atoms with Crippen molar-refractivity contribution in [1.82, 2.24) is 5.32 Å². The first-order valence-corrected chi connectivity index (χ1v) is 6.45. The molecular formula is C15H22FNO. The molecule has 0 aliphatic heterocycles. The molecule has 0 radical (unpaired) electrons. The first-order valence-electron chi connectivity index (χ1n) is 6.45. The summed E-state index contributed by atoms with van der Waals surface area (Å²) in [5.74, 6) is 0.514. The third-order valence-electron chi connectivity index (χ3n) is 2.72. The molecule has 0 heterocycles. The summed E-state index contributed by atoms with van der Waals surface area (Å²) < 4.78 is 19.0. The van der Waals surface area contributed by atoms with E-state index in [1.807, 2.05) is 13.0 Å². The van der Waals surface area contributed by atoms with Gasteiger partial charge in [0.2, 0.25) is 0 Å². The molecule has 1 unspecified atom stereocenters. The Hall–Kier alpha value is -1.35. The summed E-state index contributed by atoms with van der Waals surface area (Å²) in [6, 6.07) is 4.74. The van der Waals surface area contributed by atoms with Crippen LogP contribution in [0.4, 0.5) is 4.39 Å². The second-order valence-electron chi connectivity index (χ2n) is 4.28. The van der Waals surface area contributed by atoms with E-state index < -0.39 is 0 Å². The summed E-state index contributed by atoms with van der Waals surface area (Å²) in [4.78, 5) is 0. The first-order chi connectivity index (χ1) is 8.69. The molecule has 0 amide bonds. The lowest BCUT2D eigenvalue weighted by Crippen LogP contribution is -2.20. The Morgan fingerprint density at radius 3 is 2.94 bits per heavy atom.